The maximum absolute atomic E-state index is 11.9. The van der Waals surface area contributed by atoms with Crippen molar-refractivity contribution in [3.05, 3.63) is 35.3 Å². The van der Waals surface area contributed by atoms with Gasteiger partial charge in [-0.15, -0.1) is 0 Å². The Hall–Kier alpha value is -0.930. The average Bonchev–Trinajstić information content (AvgIpc) is 2.47. The molecule has 0 spiro atoms. The third kappa shape index (κ3) is 1.57. The van der Waals surface area contributed by atoms with E-state index in [0.29, 0.717) is 0 Å². The van der Waals surface area contributed by atoms with Crippen molar-refractivity contribution >= 4 is 0 Å². The number of nitrogens with zero attached hydrogens (tertiary/aromatic N) is 2. The van der Waals surface area contributed by atoms with E-state index in [4.69, 9.17) is 0 Å². The van der Waals surface area contributed by atoms with Crippen LogP contribution in [0, 0.1) is 5.21 Å². The number of hydrogen-bond donors (Lipinski definition) is 0. The molecule has 0 amide bonds. The van der Waals surface area contributed by atoms with Crippen molar-refractivity contribution in [1.82, 2.24) is 4.98 Å². The first-order valence-corrected chi connectivity index (χ1v) is 4.67. The molecule has 0 aromatic carbocycles. The Labute approximate surface area is 78.2 Å². The molecule has 2 rings (SSSR count). The van der Waals surface area contributed by atoms with E-state index in [2.05, 4.69) is 4.98 Å². The van der Waals surface area contributed by atoms with Gasteiger partial charge in [0.1, 0.15) is 6.04 Å². The molecule has 2 heterocycles. The molecule has 1 fully saturated rings. The highest BCUT2D eigenvalue weighted by Crippen LogP contribution is 2.35. The summed E-state index contributed by atoms with van der Waals surface area (Å²) < 4.78 is -0.156. The maximum Gasteiger partial charge on any atom is 0.131 e. The van der Waals surface area contributed by atoms with E-state index in [9.17, 15) is 5.21 Å². The summed E-state index contributed by atoms with van der Waals surface area (Å²) in [4.78, 5) is 4.24. The summed E-state index contributed by atoms with van der Waals surface area (Å²) in [6.07, 6.45) is 3.74. The maximum atomic E-state index is 11.9. The van der Waals surface area contributed by atoms with Crippen molar-refractivity contribution in [2.45, 2.75) is 18.9 Å². The van der Waals surface area contributed by atoms with Crippen molar-refractivity contribution in [3.8, 4) is 0 Å². The minimum absolute atomic E-state index is 0.0567. The number of hydroxylamine groups is 3. The molecule has 13 heavy (non-hydrogen) atoms. The van der Waals surface area contributed by atoms with Crippen molar-refractivity contribution < 1.29 is 4.65 Å². The van der Waals surface area contributed by atoms with Crippen LogP contribution in [-0.4, -0.2) is 23.2 Å². The second-order valence-electron chi connectivity index (χ2n) is 3.81. The van der Waals surface area contributed by atoms with Gasteiger partial charge in [-0.1, -0.05) is 6.07 Å². The monoisotopic (exact) mass is 178 g/mol. The third-order valence-corrected chi connectivity index (χ3v) is 2.77. The summed E-state index contributed by atoms with van der Waals surface area (Å²) in [5.41, 5.74) is 0.942. The van der Waals surface area contributed by atoms with Crippen molar-refractivity contribution in [3.63, 3.8) is 0 Å². The minimum Gasteiger partial charge on any atom is -0.633 e. The highest BCUT2D eigenvalue weighted by molar-refractivity contribution is 5.07. The van der Waals surface area contributed by atoms with Gasteiger partial charge in [-0.2, -0.15) is 0 Å². The van der Waals surface area contributed by atoms with E-state index >= 15 is 0 Å². The quantitative estimate of drug-likeness (QED) is 0.486. The SMILES string of the molecule is C[N+]1([O-])CCCC1c1ccccn1. The van der Waals surface area contributed by atoms with Gasteiger partial charge >= 0.3 is 0 Å². The van der Waals surface area contributed by atoms with Crippen LogP contribution >= 0.6 is 0 Å². The van der Waals surface area contributed by atoms with Gasteiger partial charge in [-0.25, -0.2) is 0 Å². The van der Waals surface area contributed by atoms with Gasteiger partial charge in [0.15, 0.2) is 0 Å². The molecule has 0 radical (unpaired) electrons. The number of rotatable bonds is 1. The van der Waals surface area contributed by atoms with Gasteiger partial charge < -0.3 is 9.85 Å². The van der Waals surface area contributed by atoms with E-state index < -0.39 is 0 Å². The predicted molar refractivity (Wildman–Crippen MR) is 50.6 cm³/mol. The number of likely N-dealkylation sites (tertiary alicyclic amines) is 1. The van der Waals surface area contributed by atoms with Gasteiger partial charge in [0, 0.05) is 19.0 Å². The molecule has 3 nitrogen and oxygen atoms in total. The van der Waals surface area contributed by atoms with Gasteiger partial charge in [0.05, 0.1) is 19.3 Å². The molecule has 2 atom stereocenters. The molecule has 2 unspecified atom stereocenters. The van der Waals surface area contributed by atoms with Crippen LogP contribution < -0.4 is 0 Å². The Morgan fingerprint density at radius 3 is 2.92 bits per heavy atom. The number of quaternary nitrogens is 1. The van der Waals surface area contributed by atoms with Crippen LogP contribution in [0.4, 0.5) is 0 Å². The van der Waals surface area contributed by atoms with Crippen LogP contribution in [0.3, 0.4) is 0 Å². The van der Waals surface area contributed by atoms with E-state index in [1.165, 1.54) is 0 Å². The standard InChI is InChI=1S/C10H14N2O/c1-12(13)8-4-6-10(12)9-5-2-3-7-11-9/h2-3,5,7,10H,4,6,8H2,1H3. The number of pyridine rings is 1. The minimum atomic E-state index is -0.156. The van der Waals surface area contributed by atoms with Gasteiger partial charge in [-0.3, -0.25) is 4.98 Å². The summed E-state index contributed by atoms with van der Waals surface area (Å²) in [6, 6.07) is 5.83. The van der Waals surface area contributed by atoms with E-state index in [-0.39, 0.29) is 10.7 Å². The van der Waals surface area contributed by atoms with Crippen molar-refractivity contribution in [2.75, 3.05) is 13.6 Å². The van der Waals surface area contributed by atoms with Crippen LogP contribution in [0.5, 0.6) is 0 Å². The molecule has 1 aromatic rings. The van der Waals surface area contributed by atoms with E-state index in [1.807, 2.05) is 18.2 Å². The summed E-state index contributed by atoms with van der Waals surface area (Å²) in [7, 11) is 1.74. The summed E-state index contributed by atoms with van der Waals surface area (Å²) in [5, 5.41) is 11.9. The van der Waals surface area contributed by atoms with Crippen LogP contribution in [0.15, 0.2) is 24.4 Å². The first kappa shape index (κ1) is 8.66. The fourth-order valence-electron chi connectivity index (χ4n) is 2.03. The Kier molecular flexibility index (Phi) is 2.06. The molecule has 1 saturated heterocycles. The topological polar surface area (TPSA) is 36.0 Å². The smallest absolute Gasteiger partial charge is 0.131 e. The second-order valence-corrected chi connectivity index (χ2v) is 3.81. The molecule has 1 aliphatic heterocycles. The Balaban J connectivity index is 2.27. The molecular weight excluding hydrogens is 164 g/mol. The van der Waals surface area contributed by atoms with Crippen LogP contribution in [0.2, 0.25) is 0 Å². The van der Waals surface area contributed by atoms with E-state index in [1.54, 1.807) is 13.2 Å². The Morgan fingerprint density at radius 2 is 2.38 bits per heavy atom. The van der Waals surface area contributed by atoms with Crippen molar-refractivity contribution in [2.24, 2.45) is 0 Å². The van der Waals surface area contributed by atoms with Gasteiger partial charge in [0.2, 0.25) is 0 Å². The fraction of sp³-hybridized carbons (Fsp3) is 0.500. The average molecular weight is 178 g/mol. The highest BCUT2D eigenvalue weighted by Gasteiger charge is 2.32. The lowest BCUT2D eigenvalue weighted by Gasteiger charge is -2.39. The molecule has 0 N–H and O–H groups in total. The zero-order valence-electron chi connectivity index (χ0n) is 7.81. The number of aromatic nitrogens is 1. The van der Waals surface area contributed by atoms with Crippen LogP contribution in [0.1, 0.15) is 24.6 Å². The summed E-state index contributed by atoms with van der Waals surface area (Å²) in [5.74, 6) is 0. The van der Waals surface area contributed by atoms with Crippen molar-refractivity contribution in [1.29, 1.82) is 0 Å². The van der Waals surface area contributed by atoms with Gasteiger partial charge in [0.25, 0.3) is 0 Å². The first-order chi connectivity index (χ1) is 6.20. The molecule has 3 heteroatoms. The molecule has 0 saturated carbocycles. The first-order valence-electron chi connectivity index (χ1n) is 4.67. The highest BCUT2D eigenvalue weighted by atomic mass is 16.5. The zero-order valence-corrected chi connectivity index (χ0v) is 7.81. The molecule has 0 aliphatic carbocycles. The van der Waals surface area contributed by atoms with Crippen LogP contribution in [-0.2, 0) is 0 Å². The Morgan fingerprint density at radius 1 is 1.54 bits per heavy atom. The van der Waals surface area contributed by atoms with Crippen LogP contribution in [0.25, 0.3) is 0 Å². The molecular formula is C10H14N2O. The lowest BCUT2D eigenvalue weighted by molar-refractivity contribution is -0.879. The summed E-state index contributed by atoms with van der Waals surface area (Å²) in [6.45, 7) is 0.723. The fourth-order valence-corrected chi connectivity index (χ4v) is 2.03. The Bertz CT molecular complexity index is 284. The predicted octanol–water partition coefficient (Wildman–Crippen LogP) is 1.86. The molecule has 1 aliphatic rings. The van der Waals surface area contributed by atoms with E-state index in [0.717, 1.165) is 25.1 Å². The normalized spacial score (nSPS) is 33.5. The summed E-state index contributed by atoms with van der Waals surface area (Å²) >= 11 is 0. The molecule has 1 aromatic heterocycles. The molecule has 70 valence electrons. The lowest BCUT2D eigenvalue weighted by atomic mass is 10.1. The third-order valence-electron chi connectivity index (χ3n) is 2.77. The number of hydrogen-bond acceptors (Lipinski definition) is 2. The zero-order chi connectivity index (χ0) is 9.31. The second kappa shape index (κ2) is 3.09. The largest absolute Gasteiger partial charge is 0.633 e. The van der Waals surface area contributed by atoms with Gasteiger partial charge in [-0.05, 0) is 12.1 Å². The lowest BCUT2D eigenvalue weighted by Crippen LogP contribution is -2.36. The molecule has 0 bridgehead atoms.